The topological polar surface area (TPSA) is 75.7 Å². The normalized spacial score (nSPS) is 23.9. The number of hydrogen-bond acceptors (Lipinski definition) is 5. The van der Waals surface area contributed by atoms with Crippen molar-refractivity contribution in [2.75, 3.05) is 37.8 Å². The van der Waals surface area contributed by atoms with E-state index in [0.29, 0.717) is 26.2 Å². The molecule has 6 nitrogen and oxygen atoms in total. The molecule has 0 aromatic heterocycles. The van der Waals surface area contributed by atoms with Crippen LogP contribution < -0.4 is 5.32 Å². The van der Waals surface area contributed by atoms with Crippen LogP contribution in [0.2, 0.25) is 0 Å². The number of sulfone groups is 1. The lowest BCUT2D eigenvalue weighted by atomic mass is 9.82. The highest BCUT2D eigenvalue weighted by atomic mass is 79.9. The average molecular weight is 459 g/mol. The van der Waals surface area contributed by atoms with E-state index >= 15 is 0 Å². The predicted molar refractivity (Wildman–Crippen MR) is 108 cm³/mol. The molecular formula is C19H27BrN2O4S. The summed E-state index contributed by atoms with van der Waals surface area (Å²) >= 11 is 3.53. The van der Waals surface area contributed by atoms with Crippen molar-refractivity contribution in [2.45, 2.75) is 37.8 Å². The van der Waals surface area contributed by atoms with Crippen molar-refractivity contribution in [3.8, 4) is 0 Å². The zero-order valence-electron chi connectivity index (χ0n) is 15.6. The minimum Gasteiger partial charge on any atom is -0.381 e. The van der Waals surface area contributed by atoms with E-state index in [4.69, 9.17) is 4.74 Å². The number of carbonyl (C=O) groups is 1. The number of likely N-dealkylation sites (N-methyl/N-ethyl adjacent to an activating group) is 1. The van der Waals surface area contributed by atoms with Crippen LogP contribution in [-0.2, 0) is 24.9 Å². The van der Waals surface area contributed by atoms with Gasteiger partial charge >= 0.3 is 0 Å². The molecule has 3 rings (SSSR count). The summed E-state index contributed by atoms with van der Waals surface area (Å²) in [5, 5.41) is 3.50. The van der Waals surface area contributed by atoms with Gasteiger partial charge < -0.3 is 9.64 Å². The van der Waals surface area contributed by atoms with Crippen LogP contribution in [0.1, 0.15) is 31.7 Å². The van der Waals surface area contributed by atoms with Crippen molar-refractivity contribution in [3.05, 3.63) is 34.3 Å². The summed E-state index contributed by atoms with van der Waals surface area (Å²) in [6.07, 6.45) is 2.12. The molecule has 1 unspecified atom stereocenters. The fourth-order valence-corrected chi connectivity index (χ4v) is 6.21. The number of ether oxygens (including phenoxy) is 1. The predicted octanol–water partition coefficient (Wildman–Crippen LogP) is 2.08. The zero-order valence-corrected chi connectivity index (χ0v) is 18.0. The molecule has 2 fully saturated rings. The Morgan fingerprint density at radius 3 is 2.70 bits per heavy atom. The molecule has 150 valence electrons. The third kappa shape index (κ3) is 4.91. The summed E-state index contributed by atoms with van der Waals surface area (Å²) in [6, 6.07) is 7.95. The third-order valence-electron chi connectivity index (χ3n) is 5.61. The maximum atomic E-state index is 12.9. The Morgan fingerprint density at radius 2 is 2.11 bits per heavy atom. The Labute approximate surface area is 169 Å². The highest BCUT2D eigenvalue weighted by Gasteiger charge is 2.37. The number of benzene rings is 1. The highest BCUT2D eigenvalue weighted by Crippen LogP contribution is 2.33. The van der Waals surface area contributed by atoms with E-state index < -0.39 is 9.84 Å². The van der Waals surface area contributed by atoms with Gasteiger partial charge in [0.1, 0.15) is 0 Å². The first-order valence-electron chi connectivity index (χ1n) is 9.44. The van der Waals surface area contributed by atoms with Crippen molar-refractivity contribution < 1.29 is 17.9 Å². The number of nitrogens with zero attached hydrogens (tertiary/aromatic N) is 1. The van der Waals surface area contributed by atoms with Crippen molar-refractivity contribution in [3.63, 3.8) is 0 Å². The number of amides is 1. The highest BCUT2D eigenvalue weighted by molar-refractivity contribution is 9.10. The molecule has 1 amide bonds. The molecule has 2 heterocycles. The number of rotatable bonds is 6. The Bertz CT molecular complexity index is 778. The van der Waals surface area contributed by atoms with Crippen LogP contribution in [0, 0.1) is 0 Å². The zero-order chi connectivity index (χ0) is 19.5. The molecule has 1 N–H and O–H groups in total. The first kappa shape index (κ1) is 20.8. The minimum atomic E-state index is -3.02. The van der Waals surface area contributed by atoms with Gasteiger partial charge in [-0.1, -0.05) is 28.1 Å². The second-order valence-corrected chi connectivity index (χ2v) is 10.4. The van der Waals surface area contributed by atoms with Gasteiger partial charge in [-0.15, -0.1) is 0 Å². The molecule has 0 radical (unpaired) electrons. The SMILES string of the molecule is CCN(C(=O)CNC1(c2cccc(Br)c2)CCOCC1)C1CCS(=O)(=O)C1. The molecule has 27 heavy (non-hydrogen) atoms. The first-order chi connectivity index (χ1) is 12.9. The Balaban J connectivity index is 1.72. The summed E-state index contributed by atoms with van der Waals surface area (Å²) in [7, 11) is -3.02. The molecule has 8 heteroatoms. The van der Waals surface area contributed by atoms with Gasteiger partial charge in [0.15, 0.2) is 9.84 Å². The van der Waals surface area contributed by atoms with Crippen LogP contribution in [0.5, 0.6) is 0 Å². The maximum absolute atomic E-state index is 12.9. The summed E-state index contributed by atoms with van der Waals surface area (Å²) in [4.78, 5) is 14.6. The van der Waals surface area contributed by atoms with Gasteiger partial charge in [0, 0.05) is 35.8 Å². The van der Waals surface area contributed by atoms with Crippen LogP contribution in [0.3, 0.4) is 0 Å². The number of nitrogens with one attached hydrogen (secondary N) is 1. The summed E-state index contributed by atoms with van der Waals surface area (Å²) < 4.78 is 30.1. The van der Waals surface area contributed by atoms with E-state index in [-0.39, 0.29) is 35.5 Å². The van der Waals surface area contributed by atoms with Gasteiger partial charge in [-0.05, 0) is 43.9 Å². The van der Waals surface area contributed by atoms with E-state index in [1.165, 1.54) is 0 Å². The lowest BCUT2D eigenvalue weighted by Crippen LogP contribution is -2.52. The van der Waals surface area contributed by atoms with Gasteiger partial charge in [0.2, 0.25) is 5.91 Å². The second kappa shape index (κ2) is 8.59. The van der Waals surface area contributed by atoms with Gasteiger partial charge in [0.25, 0.3) is 0 Å². The largest absolute Gasteiger partial charge is 0.381 e. The van der Waals surface area contributed by atoms with Gasteiger partial charge in [-0.2, -0.15) is 0 Å². The van der Waals surface area contributed by atoms with Crippen LogP contribution >= 0.6 is 15.9 Å². The molecule has 1 aromatic rings. The number of halogens is 1. The van der Waals surface area contributed by atoms with Crippen LogP contribution in [0.15, 0.2) is 28.7 Å². The minimum absolute atomic E-state index is 0.0412. The molecule has 2 saturated heterocycles. The van der Waals surface area contributed by atoms with E-state index in [0.717, 1.165) is 22.9 Å². The molecule has 0 aliphatic carbocycles. The van der Waals surface area contributed by atoms with Crippen molar-refractivity contribution >= 4 is 31.7 Å². The fourth-order valence-electron chi connectivity index (χ4n) is 4.08. The second-order valence-electron chi connectivity index (χ2n) is 7.29. The molecule has 1 atom stereocenters. The molecule has 1 aromatic carbocycles. The van der Waals surface area contributed by atoms with Crippen LogP contribution in [0.25, 0.3) is 0 Å². The van der Waals surface area contributed by atoms with Crippen molar-refractivity contribution in [1.82, 2.24) is 10.2 Å². The number of carbonyl (C=O) groups excluding carboxylic acids is 1. The Morgan fingerprint density at radius 1 is 1.37 bits per heavy atom. The van der Waals surface area contributed by atoms with E-state index in [9.17, 15) is 13.2 Å². The molecule has 0 saturated carbocycles. The average Bonchev–Trinajstić information content (AvgIpc) is 3.01. The fraction of sp³-hybridized carbons (Fsp3) is 0.632. The molecular weight excluding hydrogens is 432 g/mol. The van der Waals surface area contributed by atoms with Crippen LogP contribution in [-0.4, -0.2) is 63.1 Å². The van der Waals surface area contributed by atoms with Gasteiger partial charge in [0.05, 0.1) is 18.1 Å². The first-order valence-corrected chi connectivity index (χ1v) is 12.1. The molecule has 2 aliphatic heterocycles. The van der Waals surface area contributed by atoms with Crippen molar-refractivity contribution in [2.24, 2.45) is 0 Å². The third-order valence-corrected chi connectivity index (χ3v) is 7.86. The smallest absolute Gasteiger partial charge is 0.236 e. The van der Waals surface area contributed by atoms with E-state index in [1.54, 1.807) is 4.90 Å². The lowest BCUT2D eigenvalue weighted by Gasteiger charge is -2.39. The van der Waals surface area contributed by atoms with E-state index in [2.05, 4.69) is 33.4 Å². The molecule has 2 aliphatic rings. The lowest BCUT2D eigenvalue weighted by molar-refractivity contribution is -0.132. The Hall–Kier alpha value is -0.960. The van der Waals surface area contributed by atoms with Crippen molar-refractivity contribution in [1.29, 1.82) is 0 Å². The molecule has 0 spiro atoms. The van der Waals surface area contributed by atoms with Gasteiger partial charge in [-0.25, -0.2) is 8.42 Å². The Kier molecular flexibility index (Phi) is 6.61. The maximum Gasteiger partial charge on any atom is 0.236 e. The van der Waals surface area contributed by atoms with Crippen LogP contribution in [0.4, 0.5) is 0 Å². The summed E-state index contributed by atoms with van der Waals surface area (Å²) in [6.45, 7) is 3.91. The molecule has 0 bridgehead atoms. The standard InChI is InChI=1S/C19H27BrN2O4S/c1-2-22(17-6-11-27(24,25)14-17)18(23)13-21-19(7-9-26-10-8-19)15-4-3-5-16(20)12-15/h3-5,12,17,21H,2,6-11,13-14H2,1H3. The van der Waals surface area contributed by atoms with E-state index in [1.807, 2.05) is 19.1 Å². The summed E-state index contributed by atoms with van der Waals surface area (Å²) in [5.74, 6) is 0.214. The number of hydrogen-bond donors (Lipinski definition) is 1. The quantitative estimate of drug-likeness (QED) is 0.705. The summed E-state index contributed by atoms with van der Waals surface area (Å²) in [5.41, 5.74) is 0.832. The monoisotopic (exact) mass is 458 g/mol. The van der Waals surface area contributed by atoms with Gasteiger partial charge in [-0.3, -0.25) is 10.1 Å².